The number of anilines is 2. The first-order chi connectivity index (χ1) is 14.1. The van der Waals surface area contributed by atoms with E-state index in [9.17, 15) is 14.4 Å². The number of thiazole rings is 1. The Bertz CT molecular complexity index is 1070. The topological polar surface area (TPSA) is 113 Å². The summed E-state index contributed by atoms with van der Waals surface area (Å²) in [6, 6.07) is 9.68. The van der Waals surface area contributed by atoms with E-state index < -0.39 is 6.04 Å². The number of nitrogens with one attached hydrogen (secondary N) is 3. The molecule has 0 radical (unpaired) electrons. The number of hydrogen-bond donors (Lipinski definition) is 3. The number of pyridine rings is 1. The molecule has 1 aliphatic rings. The maximum atomic E-state index is 12.4. The summed E-state index contributed by atoms with van der Waals surface area (Å²) in [6.07, 6.45) is 3.60. The molecular weight excluding hydrogens is 390 g/mol. The quantitative estimate of drug-likeness (QED) is 0.602. The molecule has 0 saturated heterocycles. The first-order valence-electron chi connectivity index (χ1n) is 8.97. The summed E-state index contributed by atoms with van der Waals surface area (Å²) in [5.41, 5.74) is 2.53. The number of rotatable bonds is 5. The van der Waals surface area contributed by atoms with Crippen LogP contribution in [0.2, 0.25) is 0 Å². The zero-order valence-electron chi connectivity index (χ0n) is 15.2. The highest BCUT2D eigenvalue weighted by molar-refractivity contribution is 7.14. The fraction of sp³-hybridized carbons (Fsp3) is 0.150. The van der Waals surface area contributed by atoms with Gasteiger partial charge in [-0.1, -0.05) is 12.1 Å². The van der Waals surface area contributed by atoms with Crippen LogP contribution in [-0.2, 0) is 9.59 Å². The van der Waals surface area contributed by atoms with E-state index in [2.05, 4.69) is 25.9 Å². The first-order valence-corrected chi connectivity index (χ1v) is 9.84. The van der Waals surface area contributed by atoms with Crippen LogP contribution in [0.4, 0.5) is 10.8 Å². The summed E-state index contributed by atoms with van der Waals surface area (Å²) in [6.45, 7) is 0. The lowest BCUT2D eigenvalue weighted by Gasteiger charge is -2.13. The van der Waals surface area contributed by atoms with Crippen molar-refractivity contribution in [3.63, 3.8) is 0 Å². The number of hydrogen-bond acceptors (Lipinski definition) is 6. The van der Waals surface area contributed by atoms with Crippen molar-refractivity contribution in [1.82, 2.24) is 15.3 Å². The molecule has 1 aliphatic heterocycles. The molecule has 3 N–H and O–H groups in total. The van der Waals surface area contributed by atoms with Crippen LogP contribution in [0.15, 0.2) is 54.2 Å². The van der Waals surface area contributed by atoms with Gasteiger partial charge in [0.05, 0.1) is 16.9 Å². The maximum Gasteiger partial charge on any atom is 0.254 e. The van der Waals surface area contributed by atoms with Gasteiger partial charge in [-0.15, -0.1) is 11.3 Å². The van der Waals surface area contributed by atoms with Crippen LogP contribution in [-0.4, -0.2) is 33.7 Å². The Morgan fingerprint density at radius 1 is 1.14 bits per heavy atom. The van der Waals surface area contributed by atoms with Crippen molar-refractivity contribution in [2.45, 2.75) is 18.9 Å². The average Bonchev–Trinajstić information content (AvgIpc) is 3.15. The van der Waals surface area contributed by atoms with Gasteiger partial charge in [0.1, 0.15) is 6.04 Å². The molecule has 3 amide bonds. The van der Waals surface area contributed by atoms with Gasteiger partial charge in [0, 0.05) is 29.8 Å². The zero-order chi connectivity index (χ0) is 20.2. The smallest absolute Gasteiger partial charge is 0.254 e. The molecule has 4 rings (SSSR count). The number of benzene rings is 1. The van der Waals surface area contributed by atoms with Gasteiger partial charge < -0.3 is 16.0 Å². The first kappa shape index (κ1) is 18.8. The largest absolute Gasteiger partial charge is 0.340 e. The second-order valence-corrected chi connectivity index (χ2v) is 7.28. The highest BCUT2D eigenvalue weighted by Crippen LogP contribution is 2.24. The van der Waals surface area contributed by atoms with Crippen LogP contribution < -0.4 is 16.0 Å². The van der Waals surface area contributed by atoms with Crippen molar-refractivity contribution in [3.05, 3.63) is 59.7 Å². The zero-order valence-corrected chi connectivity index (χ0v) is 16.0. The van der Waals surface area contributed by atoms with E-state index >= 15 is 0 Å². The van der Waals surface area contributed by atoms with E-state index in [1.807, 2.05) is 17.5 Å². The van der Waals surface area contributed by atoms with E-state index in [1.165, 1.54) is 11.3 Å². The Labute approximate surface area is 170 Å². The van der Waals surface area contributed by atoms with Gasteiger partial charge in [0.25, 0.3) is 5.91 Å². The summed E-state index contributed by atoms with van der Waals surface area (Å²) in [5, 5.41) is 10.5. The Hall–Kier alpha value is -3.59. The summed E-state index contributed by atoms with van der Waals surface area (Å²) in [4.78, 5) is 45.4. The van der Waals surface area contributed by atoms with Crippen molar-refractivity contribution >= 4 is 39.9 Å². The number of amides is 3. The standard InChI is InChI=1S/C20H17N5O3S/c26-17(25-20-24-16(11-29-20)12-7-9-21-10-8-12)6-5-15-19(28)22-14-4-2-1-3-13(14)18(27)23-15/h1-4,7-11,15H,5-6H2,(H,22,28)(H,23,27)(H,24,25,26). The van der Waals surface area contributed by atoms with E-state index in [4.69, 9.17) is 0 Å². The minimum Gasteiger partial charge on any atom is -0.340 e. The fourth-order valence-corrected chi connectivity index (χ4v) is 3.69. The third kappa shape index (κ3) is 4.30. The van der Waals surface area contributed by atoms with Crippen molar-refractivity contribution in [3.8, 4) is 11.3 Å². The molecule has 1 atom stereocenters. The van der Waals surface area contributed by atoms with Gasteiger partial charge in [-0.2, -0.15) is 0 Å². The van der Waals surface area contributed by atoms with Crippen LogP contribution >= 0.6 is 11.3 Å². The summed E-state index contributed by atoms with van der Waals surface area (Å²) < 4.78 is 0. The molecule has 1 unspecified atom stereocenters. The molecule has 0 spiro atoms. The molecule has 0 aliphatic carbocycles. The van der Waals surface area contributed by atoms with Crippen molar-refractivity contribution in [2.75, 3.05) is 10.6 Å². The van der Waals surface area contributed by atoms with Crippen LogP contribution in [0.1, 0.15) is 23.2 Å². The lowest BCUT2D eigenvalue weighted by Crippen LogP contribution is -2.41. The van der Waals surface area contributed by atoms with Crippen LogP contribution in [0.3, 0.4) is 0 Å². The Morgan fingerprint density at radius 2 is 1.93 bits per heavy atom. The van der Waals surface area contributed by atoms with E-state index in [0.29, 0.717) is 16.4 Å². The van der Waals surface area contributed by atoms with Crippen LogP contribution in [0.5, 0.6) is 0 Å². The summed E-state index contributed by atoms with van der Waals surface area (Å²) >= 11 is 1.32. The van der Waals surface area contributed by atoms with Crippen LogP contribution in [0, 0.1) is 0 Å². The second kappa shape index (κ2) is 8.19. The molecule has 0 saturated carbocycles. The highest BCUT2D eigenvalue weighted by atomic mass is 32.1. The molecule has 29 heavy (non-hydrogen) atoms. The van der Waals surface area contributed by atoms with Gasteiger partial charge in [-0.25, -0.2) is 4.98 Å². The molecule has 3 aromatic rings. The Balaban J connectivity index is 1.35. The maximum absolute atomic E-state index is 12.4. The van der Waals surface area contributed by atoms with Crippen molar-refractivity contribution in [2.24, 2.45) is 0 Å². The molecule has 146 valence electrons. The van der Waals surface area contributed by atoms with Crippen LogP contribution in [0.25, 0.3) is 11.3 Å². The van der Waals surface area contributed by atoms with Gasteiger partial charge in [0.15, 0.2) is 5.13 Å². The Kier molecular flexibility index (Phi) is 5.30. The number of para-hydroxylation sites is 1. The average molecular weight is 407 g/mol. The monoisotopic (exact) mass is 407 g/mol. The molecule has 1 aromatic carbocycles. The molecule has 9 heteroatoms. The predicted molar refractivity (Wildman–Crippen MR) is 110 cm³/mol. The lowest BCUT2D eigenvalue weighted by atomic mass is 10.1. The normalized spacial score (nSPS) is 15.7. The van der Waals surface area contributed by atoms with E-state index in [-0.39, 0.29) is 30.6 Å². The van der Waals surface area contributed by atoms with Crippen molar-refractivity contribution in [1.29, 1.82) is 0 Å². The molecule has 0 bridgehead atoms. The number of aromatic nitrogens is 2. The highest BCUT2D eigenvalue weighted by Gasteiger charge is 2.27. The molecule has 2 aromatic heterocycles. The molecule has 0 fully saturated rings. The van der Waals surface area contributed by atoms with Gasteiger partial charge in [-0.3, -0.25) is 19.4 Å². The SMILES string of the molecule is O=C(CCC1NC(=O)c2ccccc2NC1=O)Nc1nc(-c2ccncc2)cs1. The Morgan fingerprint density at radius 3 is 2.76 bits per heavy atom. The molecular formula is C20H17N5O3S. The second-order valence-electron chi connectivity index (χ2n) is 6.42. The molecule has 8 nitrogen and oxygen atoms in total. The summed E-state index contributed by atoms with van der Waals surface area (Å²) in [7, 11) is 0. The predicted octanol–water partition coefficient (Wildman–Crippen LogP) is 2.67. The third-order valence-electron chi connectivity index (χ3n) is 4.44. The van der Waals surface area contributed by atoms with E-state index in [1.54, 1.807) is 36.7 Å². The van der Waals surface area contributed by atoms with Gasteiger partial charge in [0.2, 0.25) is 11.8 Å². The number of fused-ring (bicyclic) bond motifs is 1. The van der Waals surface area contributed by atoms with Crippen molar-refractivity contribution < 1.29 is 14.4 Å². The lowest BCUT2D eigenvalue weighted by molar-refractivity contribution is -0.118. The van der Waals surface area contributed by atoms with Gasteiger partial charge in [-0.05, 0) is 30.7 Å². The minimum absolute atomic E-state index is 0.0683. The molecule has 3 heterocycles. The number of nitrogens with zero attached hydrogens (tertiary/aromatic N) is 2. The van der Waals surface area contributed by atoms with Gasteiger partial charge >= 0.3 is 0 Å². The van der Waals surface area contributed by atoms with E-state index in [0.717, 1.165) is 11.3 Å². The summed E-state index contributed by atoms with van der Waals surface area (Å²) in [5.74, 6) is -0.957. The third-order valence-corrected chi connectivity index (χ3v) is 5.20. The fourth-order valence-electron chi connectivity index (χ4n) is 2.96. The minimum atomic E-state index is -0.788. The number of carbonyl (C=O) groups is 3. The number of carbonyl (C=O) groups excluding carboxylic acids is 3.